The number of rotatable bonds is 5. The molecular formula is C22H22F4N2O4. The molecule has 1 saturated heterocycles. The lowest BCUT2D eigenvalue weighted by Gasteiger charge is -2.24. The molecule has 1 N–H and O–H groups in total. The van der Waals surface area contributed by atoms with E-state index in [4.69, 9.17) is 9.47 Å². The number of amides is 3. The Labute approximate surface area is 181 Å². The lowest BCUT2D eigenvalue weighted by Crippen LogP contribution is -2.47. The molecule has 0 aromatic heterocycles. The van der Waals surface area contributed by atoms with Crippen LogP contribution in [0.2, 0.25) is 0 Å². The van der Waals surface area contributed by atoms with E-state index in [1.165, 1.54) is 0 Å². The van der Waals surface area contributed by atoms with Crippen LogP contribution in [0.3, 0.4) is 0 Å². The van der Waals surface area contributed by atoms with E-state index in [9.17, 15) is 27.2 Å². The number of urea groups is 1. The van der Waals surface area contributed by atoms with Crippen LogP contribution in [0.1, 0.15) is 49.8 Å². The number of hydrogen-bond acceptors (Lipinski definition) is 4. The van der Waals surface area contributed by atoms with E-state index in [-0.39, 0.29) is 12.1 Å². The zero-order valence-electron chi connectivity index (χ0n) is 17.3. The predicted octanol–water partition coefficient (Wildman–Crippen LogP) is 5.22. The van der Waals surface area contributed by atoms with Gasteiger partial charge in [0.1, 0.15) is 11.6 Å². The maximum Gasteiger partial charge on any atom is 0.419 e. The average Bonchev–Trinajstić information content (AvgIpc) is 3.45. The summed E-state index contributed by atoms with van der Waals surface area (Å²) in [4.78, 5) is 26.3. The van der Waals surface area contributed by atoms with Crippen LogP contribution in [0.25, 0.3) is 0 Å². The number of benzene rings is 1. The maximum absolute atomic E-state index is 13.9. The van der Waals surface area contributed by atoms with E-state index in [2.05, 4.69) is 5.32 Å². The van der Waals surface area contributed by atoms with Crippen LogP contribution in [-0.2, 0) is 15.7 Å². The molecule has 3 amide bonds. The molecule has 1 aromatic rings. The monoisotopic (exact) mass is 454 g/mol. The Hall–Kier alpha value is -3.04. The average molecular weight is 454 g/mol. The molecule has 0 radical (unpaired) electrons. The molecule has 1 aliphatic heterocycles. The number of carbonyl (C=O) groups is 2. The molecule has 1 aromatic carbocycles. The second-order valence-electron chi connectivity index (χ2n) is 7.95. The number of allylic oxidation sites excluding steroid dienone is 2. The minimum Gasteiger partial charge on any atom is -0.498 e. The molecule has 2 aliphatic carbocycles. The van der Waals surface area contributed by atoms with Gasteiger partial charge in [-0.3, -0.25) is 0 Å². The number of cyclic esters (lactones) is 1. The van der Waals surface area contributed by atoms with Crippen molar-refractivity contribution < 1.29 is 36.6 Å². The smallest absolute Gasteiger partial charge is 0.419 e. The normalized spacial score (nSPS) is 21.7. The zero-order chi connectivity index (χ0) is 23.1. The van der Waals surface area contributed by atoms with Gasteiger partial charge in [0, 0.05) is 18.5 Å². The fourth-order valence-corrected chi connectivity index (χ4v) is 4.21. The van der Waals surface area contributed by atoms with Crippen molar-refractivity contribution in [2.75, 3.05) is 13.2 Å². The first kappa shape index (κ1) is 22.2. The highest BCUT2D eigenvalue weighted by molar-refractivity contribution is 5.94. The second-order valence-corrected chi connectivity index (χ2v) is 7.95. The number of hydrogen-bond donors (Lipinski definition) is 1. The molecule has 4 rings (SSSR count). The van der Waals surface area contributed by atoms with E-state index in [0.717, 1.165) is 34.8 Å². The summed E-state index contributed by atoms with van der Waals surface area (Å²) >= 11 is 0. The van der Waals surface area contributed by atoms with Gasteiger partial charge < -0.3 is 14.8 Å². The molecule has 1 heterocycles. The van der Waals surface area contributed by atoms with Gasteiger partial charge in [0.05, 0.1) is 17.7 Å². The van der Waals surface area contributed by atoms with Gasteiger partial charge in [0.2, 0.25) is 0 Å². The first-order valence-corrected chi connectivity index (χ1v) is 10.3. The summed E-state index contributed by atoms with van der Waals surface area (Å²) in [7, 11) is 0. The topological polar surface area (TPSA) is 67.9 Å². The molecule has 0 bridgehead atoms. The van der Waals surface area contributed by atoms with Gasteiger partial charge in [-0.15, -0.1) is 0 Å². The quantitative estimate of drug-likeness (QED) is 0.620. The van der Waals surface area contributed by atoms with Crippen LogP contribution < -0.4 is 5.32 Å². The third-order valence-corrected chi connectivity index (χ3v) is 5.81. The van der Waals surface area contributed by atoms with Gasteiger partial charge in [-0.05, 0) is 49.9 Å². The minimum atomic E-state index is -4.76. The number of carbonyl (C=O) groups excluding carboxylic acids is 2. The largest absolute Gasteiger partial charge is 0.498 e. The predicted molar refractivity (Wildman–Crippen MR) is 105 cm³/mol. The van der Waals surface area contributed by atoms with E-state index >= 15 is 0 Å². The van der Waals surface area contributed by atoms with Crippen LogP contribution in [0, 0.1) is 5.82 Å². The Kier molecular flexibility index (Phi) is 5.64. The van der Waals surface area contributed by atoms with Crippen molar-refractivity contribution in [2.45, 2.75) is 50.4 Å². The van der Waals surface area contributed by atoms with Crippen molar-refractivity contribution in [1.82, 2.24) is 10.2 Å². The summed E-state index contributed by atoms with van der Waals surface area (Å²) < 4.78 is 64.1. The van der Waals surface area contributed by atoms with Gasteiger partial charge in [-0.25, -0.2) is 18.9 Å². The number of ether oxygens (including phenoxy) is 2. The number of alkyl halides is 3. The molecule has 1 atom stereocenters. The third-order valence-electron chi connectivity index (χ3n) is 5.81. The highest BCUT2D eigenvalue weighted by atomic mass is 19.4. The lowest BCUT2D eigenvalue weighted by molar-refractivity contribution is -0.137. The molecule has 6 nitrogen and oxygen atoms in total. The molecular weight excluding hydrogens is 432 g/mol. The SMILES string of the molecule is CCOC1=C(CNC(=O)N2C(=O)O[C@H](c3cc(F)cc(C(F)(F)F)c3)C23CC3)C=CCC1. The Morgan fingerprint density at radius 1 is 1.31 bits per heavy atom. The molecule has 0 unspecified atom stereocenters. The van der Waals surface area contributed by atoms with Gasteiger partial charge >= 0.3 is 18.3 Å². The highest BCUT2D eigenvalue weighted by Gasteiger charge is 2.66. The van der Waals surface area contributed by atoms with E-state index in [1.54, 1.807) is 0 Å². The number of nitrogens with zero attached hydrogens (tertiary/aromatic N) is 1. The summed E-state index contributed by atoms with van der Waals surface area (Å²) in [6, 6.07) is 1.32. The molecule has 2 fully saturated rings. The summed E-state index contributed by atoms with van der Waals surface area (Å²) in [5.41, 5.74) is -1.66. The number of halogens is 4. The third kappa shape index (κ3) is 4.05. The van der Waals surface area contributed by atoms with E-state index in [1.807, 2.05) is 19.1 Å². The summed E-state index contributed by atoms with van der Waals surface area (Å²) in [5.74, 6) is -0.332. The molecule has 10 heteroatoms. The number of imide groups is 1. The van der Waals surface area contributed by atoms with Crippen LogP contribution in [-0.4, -0.2) is 35.7 Å². The fraction of sp³-hybridized carbons (Fsp3) is 0.455. The van der Waals surface area contributed by atoms with Crippen molar-refractivity contribution in [3.63, 3.8) is 0 Å². The fourth-order valence-electron chi connectivity index (χ4n) is 4.21. The van der Waals surface area contributed by atoms with E-state index < -0.39 is 41.3 Å². The Balaban J connectivity index is 1.54. The first-order valence-electron chi connectivity index (χ1n) is 10.3. The van der Waals surface area contributed by atoms with Crippen LogP contribution in [0.15, 0.2) is 41.7 Å². The van der Waals surface area contributed by atoms with Crippen LogP contribution in [0.4, 0.5) is 27.2 Å². The summed E-state index contributed by atoms with van der Waals surface area (Å²) in [6.07, 6.45) is -0.882. The summed E-state index contributed by atoms with van der Waals surface area (Å²) in [5, 5.41) is 2.67. The number of nitrogens with one attached hydrogen (secondary N) is 1. The van der Waals surface area contributed by atoms with Gasteiger partial charge in [0.15, 0.2) is 6.10 Å². The van der Waals surface area contributed by atoms with Crippen molar-refractivity contribution in [3.05, 3.63) is 58.6 Å². The molecule has 32 heavy (non-hydrogen) atoms. The molecule has 1 saturated carbocycles. The Morgan fingerprint density at radius 2 is 2.06 bits per heavy atom. The lowest BCUT2D eigenvalue weighted by atomic mass is 9.98. The first-order chi connectivity index (χ1) is 15.2. The maximum atomic E-state index is 13.9. The Morgan fingerprint density at radius 3 is 2.72 bits per heavy atom. The summed E-state index contributed by atoms with van der Waals surface area (Å²) in [6.45, 7) is 2.46. The minimum absolute atomic E-state index is 0.118. The van der Waals surface area contributed by atoms with Crippen molar-refractivity contribution in [1.29, 1.82) is 0 Å². The van der Waals surface area contributed by atoms with Gasteiger partial charge in [-0.1, -0.05) is 12.2 Å². The van der Waals surface area contributed by atoms with Crippen molar-refractivity contribution in [2.24, 2.45) is 0 Å². The highest BCUT2D eigenvalue weighted by Crippen LogP contribution is 2.57. The van der Waals surface area contributed by atoms with E-state index in [0.29, 0.717) is 31.9 Å². The van der Waals surface area contributed by atoms with Crippen molar-refractivity contribution >= 4 is 12.1 Å². The van der Waals surface area contributed by atoms with Gasteiger partial charge in [-0.2, -0.15) is 13.2 Å². The van der Waals surface area contributed by atoms with Crippen molar-refractivity contribution in [3.8, 4) is 0 Å². The van der Waals surface area contributed by atoms with Gasteiger partial charge in [0.25, 0.3) is 0 Å². The second kappa shape index (κ2) is 8.14. The molecule has 3 aliphatic rings. The standard InChI is InChI=1S/C22H22F4N2O4/c1-2-31-17-6-4-3-5-13(17)12-27-19(29)28-20(30)32-18(21(28)7-8-21)14-9-15(22(24,25)26)11-16(23)10-14/h3,5,9-11,18H,2,4,6-8,12H2,1H3,(H,27,29)/t18-/m1/s1. The molecule has 172 valence electrons. The van der Waals surface area contributed by atoms with Crippen LogP contribution >= 0.6 is 0 Å². The zero-order valence-corrected chi connectivity index (χ0v) is 17.3. The molecule has 1 spiro atoms. The van der Waals surface area contributed by atoms with Crippen LogP contribution in [0.5, 0.6) is 0 Å². The Bertz CT molecular complexity index is 998.